The lowest BCUT2D eigenvalue weighted by atomic mass is 9.83. The molecule has 21 heavy (non-hydrogen) atoms. The van der Waals surface area contributed by atoms with Gasteiger partial charge in [-0.25, -0.2) is 8.42 Å². The van der Waals surface area contributed by atoms with E-state index >= 15 is 0 Å². The number of nitrogens with two attached hydrogens (primary N) is 1. The minimum atomic E-state index is -4.40. The van der Waals surface area contributed by atoms with E-state index in [1.165, 1.54) is 0 Å². The zero-order valence-electron chi connectivity index (χ0n) is 12.5. The summed E-state index contributed by atoms with van der Waals surface area (Å²) in [6, 6.07) is 8.57. The molecule has 0 radical (unpaired) electrons. The highest BCUT2D eigenvalue weighted by molar-refractivity contribution is 7.86. The zero-order valence-corrected chi connectivity index (χ0v) is 13.3. The Hall–Kier alpha value is -1.24. The Morgan fingerprint density at radius 3 is 2.19 bits per heavy atom. The molecule has 2 atom stereocenters. The monoisotopic (exact) mass is 313 g/mol. The Morgan fingerprint density at radius 2 is 1.67 bits per heavy atom. The van der Waals surface area contributed by atoms with Crippen molar-refractivity contribution < 1.29 is 23.1 Å². The van der Waals surface area contributed by atoms with E-state index in [9.17, 15) is 17.8 Å². The summed E-state index contributed by atoms with van der Waals surface area (Å²) in [6.07, 6.45) is 2.29. The van der Waals surface area contributed by atoms with Crippen molar-refractivity contribution in [3.05, 3.63) is 35.9 Å². The minimum absolute atomic E-state index is 0.222. The van der Waals surface area contributed by atoms with Crippen LogP contribution in [0.15, 0.2) is 30.3 Å². The highest BCUT2D eigenvalue weighted by Gasteiger charge is 2.35. The summed E-state index contributed by atoms with van der Waals surface area (Å²) in [5, 5.41) is 0.943. The molecule has 1 aliphatic rings. The molecule has 6 heteroatoms. The van der Waals surface area contributed by atoms with Gasteiger partial charge in [-0.05, 0) is 12.8 Å². The first-order chi connectivity index (χ1) is 9.91. The minimum Gasteiger partial charge on any atom is -0.748 e. The summed E-state index contributed by atoms with van der Waals surface area (Å²) >= 11 is 0. The number of benzene rings is 1. The predicted molar refractivity (Wildman–Crippen MR) is 80.0 cm³/mol. The predicted octanol–water partition coefficient (Wildman–Crippen LogP) is 0.783. The Kier molecular flexibility index (Phi) is 7.01. The topological polar surface area (TPSA) is 90.9 Å². The second-order valence-electron chi connectivity index (χ2n) is 5.23. The van der Waals surface area contributed by atoms with Crippen LogP contribution in [0.3, 0.4) is 0 Å². The quantitative estimate of drug-likeness (QED) is 0.659. The van der Waals surface area contributed by atoms with Crippen molar-refractivity contribution in [1.29, 1.82) is 0 Å². The normalized spacial score (nSPS) is 22.0. The number of Topliss-reactive ketones (excluding diaryl/α,β-unsaturated/α-hetero) is 1. The molecule has 0 aromatic heterocycles. The smallest absolute Gasteiger partial charge is 0.167 e. The molecule has 0 bridgehead atoms. The van der Waals surface area contributed by atoms with Gasteiger partial charge in [0.2, 0.25) is 0 Å². The lowest BCUT2D eigenvalue weighted by molar-refractivity contribution is -0.597. The first-order valence-electron chi connectivity index (χ1n) is 7.19. The highest BCUT2D eigenvalue weighted by atomic mass is 32.2. The number of hydrogen-bond donors (Lipinski definition) is 1. The molecule has 1 aromatic rings. The second-order valence-corrected chi connectivity index (χ2v) is 6.82. The number of quaternary nitrogens is 1. The summed E-state index contributed by atoms with van der Waals surface area (Å²) in [5.74, 6) is -0.900. The van der Waals surface area contributed by atoms with Gasteiger partial charge in [0.1, 0.15) is 0 Å². The first kappa shape index (κ1) is 17.8. The maximum atomic E-state index is 12.3. The molecule has 0 spiro atoms. The molecule has 0 aliphatic heterocycles. The van der Waals surface area contributed by atoms with Crippen LogP contribution in [0.5, 0.6) is 0 Å². The number of rotatable bonds is 3. The van der Waals surface area contributed by atoms with Crippen molar-refractivity contribution in [1.82, 2.24) is 0 Å². The van der Waals surface area contributed by atoms with E-state index in [0.717, 1.165) is 6.42 Å². The molecule has 0 amide bonds. The fourth-order valence-electron chi connectivity index (χ4n) is 2.56. The molecule has 2 N–H and O–H groups in total. The lowest BCUT2D eigenvalue weighted by Gasteiger charge is -2.32. The van der Waals surface area contributed by atoms with Crippen LogP contribution < -0.4 is 5.32 Å². The Labute approximate surface area is 126 Å². The van der Waals surface area contributed by atoms with Crippen LogP contribution in [0, 0.1) is 5.92 Å². The standard InChI is InChI=1S/C13H16O4S.C2H7N/c14-13(10-6-2-1-3-7-10)11-8-4-5-9-12(11)18(15,16)17;1-3-2/h1-3,6-7,11-12H,4-5,8-9H2,(H,15,16,17);3H,1-2H3. The van der Waals surface area contributed by atoms with Crippen molar-refractivity contribution in [3.8, 4) is 0 Å². The molecular formula is C15H23NO4S. The summed E-state index contributed by atoms with van der Waals surface area (Å²) < 4.78 is 33.7. The van der Waals surface area contributed by atoms with Gasteiger partial charge < -0.3 is 9.87 Å². The third-order valence-electron chi connectivity index (χ3n) is 3.47. The molecule has 5 nitrogen and oxygen atoms in total. The van der Waals surface area contributed by atoms with Crippen LogP contribution in [-0.2, 0) is 10.1 Å². The van der Waals surface area contributed by atoms with Gasteiger partial charge in [0.05, 0.1) is 29.5 Å². The average molecular weight is 313 g/mol. The second kappa shape index (κ2) is 8.26. The van der Waals surface area contributed by atoms with Gasteiger partial charge in [0.15, 0.2) is 5.78 Å². The maximum Gasteiger partial charge on any atom is 0.167 e. The third kappa shape index (κ3) is 5.22. The number of carbonyl (C=O) groups is 1. The van der Waals surface area contributed by atoms with Crippen LogP contribution >= 0.6 is 0 Å². The van der Waals surface area contributed by atoms with Gasteiger partial charge in [-0.15, -0.1) is 0 Å². The summed E-state index contributed by atoms with van der Waals surface area (Å²) in [4.78, 5) is 12.3. The van der Waals surface area contributed by atoms with Crippen molar-refractivity contribution in [2.45, 2.75) is 30.9 Å². The molecule has 1 aliphatic carbocycles. The molecule has 1 aromatic carbocycles. The van der Waals surface area contributed by atoms with E-state index in [0.29, 0.717) is 24.8 Å². The fraction of sp³-hybridized carbons (Fsp3) is 0.533. The van der Waals surface area contributed by atoms with E-state index < -0.39 is 21.3 Å². The van der Waals surface area contributed by atoms with Gasteiger partial charge in [-0.3, -0.25) is 4.79 Å². The van der Waals surface area contributed by atoms with E-state index in [2.05, 4.69) is 0 Å². The van der Waals surface area contributed by atoms with Crippen molar-refractivity contribution in [3.63, 3.8) is 0 Å². The van der Waals surface area contributed by atoms with Crippen LogP contribution in [0.2, 0.25) is 0 Å². The molecule has 1 saturated carbocycles. The van der Waals surface area contributed by atoms with Crippen LogP contribution in [0.1, 0.15) is 36.0 Å². The molecule has 2 unspecified atom stereocenters. The molecule has 0 heterocycles. The van der Waals surface area contributed by atoms with Gasteiger partial charge in [0.25, 0.3) is 0 Å². The molecule has 118 valence electrons. The number of carbonyl (C=O) groups excluding carboxylic acids is 1. The SMILES string of the molecule is C[NH2+]C.O=C(c1ccccc1)C1CCCCC1S(=O)(=O)[O-]. The average Bonchev–Trinajstić information content (AvgIpc) is 2.47. The van der Waals surface area contributed by atoms with Crippen molar-refractivity contribution in [2.75, 3.05) is 14.1 Å². The van der Waals surface area contributed by atoms with Crippen molar-refractivity contribution in [2.24, 2.45) is 5.92 Å². The van der Waals surface area contributed by atoms with Gasteiger partial charge in [-0.2, -0.15) is 0 Å². The van der Waals surface area contributed by atoms with E-state index in [1.807, 2.05) is 19.4 Å². The molecule has 1 fully saturated rings. The number of ketones is 1. The number of hydrogen-bond acceptors (Lipinski definition) is 4. The van der Waals surface area contributed by atoms with Gasteiger partial charge in [-0.1, -0.05) is 43.2 Å². The van der Waals surface area contributed by atoms with Crippen LogP contribution in [0.25, 0.3) is 0 Å². The molecule has 2 rings (SSSR count). The highest BCUT2D eigenvalue weighted by Crippen LogP contribution is 2.31. The maximum absolute atomic E-state index is 12.3. The lowest BCUT2D eigenvalue weighted by Crippen LogP contribution is -2.74. The largest absolute Gasteiger partial charge is 0.748 e. The molecular weight excluding hydrogens is 290 g/mol. The zero-order chi connectivity index (χ0) is 15.9. The van der Waals surface area contributed by atoms with E-state index in [1.54, 1.807) is 30.3 Å². The van der Waals surface area contributed by atoms with Crippen LogP contribution in [0.4, 0.5) is 0 Å². The Balaban J connectivity index is 0.000000677. The van der Waals surface area contributed by atoms with Gasteiger partial charge in [0, 0.05) is 11.5 Å². The van der Waals surface area contributed by atoms with Crippen LogP contribution in [-0.4, -0.2) is 38.1 Å². The fourth-order valence-corrected chi connectivity index (χ4v) is 3.68. The third-order valence-corrected chi connectivity index (χ3v) is 4.77. The van der Waals surface area contributed by atoms with Crippen molar-refractivity contribution >= 4 is 15.9 Å². The van der Waals surface area contributed by atoms with E-state index in [4.69, 9.17) is 0 Å². The first-order valence-corrected chi connectivity index (χ1v) is 8.67. The van der Waals surface area contributed by atoms with E-state index in [-0.39, 0.29) is 5.78 Å². The Morgan fingerprint density at radius 1 is 1.14 bits per heavy atom. The summed E-state index contributed by atoms with van der Waals surface area (Å²) in [7, 11) is -0.399. The molecule has 0 saturated heterocycles. The Bertz CT molecular complexity index is 542. The summed E-state index contributed by atoms with van der Waals surface area (Å²) in [5.41, 5.74) is 0.484. The summed E-state index contributed by atoms with van der Waals surface area (Å²) in [6.45, 7) is 0. The van der Waals surface area contributed by atoms with Gasteiger partial charge >= 0.3 is 0 Å².